The Morgan fingerprint density at radius 1 is 1.33 bits per heavy atom. The van der Waals surface area contributed by atoms with Crippen LogP contribution in [-0.4, -0.2) is 17.6 Å². The normalized spacial score (nSPS) is 11.6. The van der Waals surface area contributed by atoms with E-state index < -0.39 is 22.7 Å². The summed E-state index contributed by atoms with van der Waals surface area (Å²) in [7, 11) is 0. The molecular formula is C14H10Cl2F3NO2S2. The quantitative estimate of drug-likeness (QED) is 0.447. The Labute approximate surface area is 154 Å². The predicted octanol–water partition coefficient (Wildman–Crippen LogP) is 5.94. The monoisotopic (exact) mass is 415 g/mol. The van der Waals surface area contributed by atoms with Crippen LogP contribution in [0.5, 0.6) is 0 Å². The highest BCUT2D eigenvalue weighted by molar-refractivity contribution is 8.00. The summed E-state index contributed by atoms with van der Waals surface area (Å²) < 4.78 is 43.8. The van der Waals surface area contributed by atoms with Crippen molar-refractivity contribution in [2.75, 3.05) is 6.61 Å². The van der Waals surface area contributed by atoms with Gasteiger partial charge in [0.2, 0.25) is 0 Å². The molecule has 3 nitrogen and oxygen atoms in total. The number of carbonyl (C=O) groups is 1. The van der Waals surface area contributed by atoms with Crippen molar-refractivity contribution in [2.24, 2.45) is 0 Å². The molecule has 1 heterocycles. The van der Waals surface area contributed by atoms with E-state index >= 15 is 0 Å². The van der Waals surface area contributed by atoms with Crippen LogP contribution in [0.1, 0.15) is 27.9 Å². The second kappa shape index (κ2) is 7.95. The summed E-state index contributed by atoms with van der Waals surface area (Å²) in [6.07, 6.45) is -4.72. The number of alkyl halides is 3. The average molecular weight is 416 g/mol. The maximum absolute atomic E-state index is 13.0. The van der Waals surface area contributed by atoms with E-state index in [9.17, 15) is 18.0 Å². The van der Waals surface area contributed by atoms with Gasteiger partial charge in [0.25, 0.3) is 0 Å². The summed E-state index contributed by atoms with van der Waals surface area (Å²) in [5.74, 6) is -0.687. The van der Waals surface area contributed by atoms with Crippen LogP contribution in [0.3, 0.4) is 0 Å². The first-order valence-corrected chi connectivity index (χ1v) is 9.10. The molecule has 24 heavy (non-hydrogen) atoms. The molecule has 0 saturated carbocycles. The van der Waals surface area contributed by atoms with Gasteiger partial charge in [0, 0.05) is 5.75 Å². The standard InChI is InChI=1S/C14H10Cl2F3NO2S2/c1-2-22-12(21)10-11(14(17,18)19)20-13(24-10)23-6-7-3-4-8(15)9(16)5-7/h3-5H,2,6H2,1H3. The summed E-state index contributed by atoms with van der Waals surface area (Å²) in [5, 5.41) is 0.751. The summed E-state index contributed by atoms with van der Waals surface area (Å²) in [6.45, 7) is 1.51. The van der Waals surface area contributed by atoms with Crippen LogP contribution in [0.15, 0.2) is 22.5 Å². The van der Waals surface area contributed by atoms with Crippen molar-refractivity contribution in [1.82, 2.24) is 4.98 Å². The van der Waals surface area contributed by atoms with Gasteiger partial charge in [-0.1, -0.05) is 41.0 Å². The number of nitrogens with zero attached hydrogens (tertiary/aromatic N) is 1. The van der Waals surface area contributed by atoms with Crippen LogP contribution in [0.4, 0.5) is 13.2 Å². The number of esters is 1. The molecule has 0 aliphatic rings. The van der Waals surface area contributed by atoms with Crippen molar-refractivity contribution < 1.29 is 22.7 Å². The number of halogens is 5. The van der Waals surface area contributed by atoms with E-state index in [1.165, 1.54) is 6.92 Å². The number of ether oxygens (including phenoxy) is 1. The minimum absolute atomic E-state index is 0.0141. The van der Waals surface area contributed by atoms with Gasteiger partial charge < -0.3 is 4.74 Å². The second-order valence-corrected chi connectivity index (χ2v) is 7.45. The van der Waals surface area contributed by atoms with Gasteiger partial charge in [-0.25, -0.2) is 9.78 Å². The van der Waals surface area contributed by atoms with Crippen molar-refractivity contribution in [3.63, 3.8) is 0 Å². The van der Waals surface area contributed by atoms with Crippen LogP contribution in [0.25, 0.3) is 0 Å². The number of hydrogen-bond acceptors (Lipinski definition) is 5. The molecular weight excluding hydrogens is 406 g/mol. The minimum atomic E-state index is -4.72. The lowest BCUT2D eigenvalue weighted by Gasteiger charge is -2.05. The van der Waals surface area contributed by atoms with Crippen LogP contribution in [-0.2, 0) is 16.7 Å². The van der Waals surface area contributed by atoms with E-state index in [2.05, 4.69) is 9.72 Å². The zero-order valence-corrected chi connectivity index (χ0v) is 15.3. The lowest BCUT2D eigenvalue weighted by atomic mass is 10.2. The Hall–Kier alpha value is -0.960. The summed E-state index contributed by atoms with van der Waals surface area (Å²) in [5.41, 5.74) is -0.446. The first-order chi connectivity index (χ1) is 11.2. The maximum Gasteiger partial charge on any atom is 0.435 e. The predicted molar refractivity (Wildman–Crippen MR) is 89.1 cm³/mol. The number of rotatable bonds is 5. The highest BCUT2D eigenvalue weighted by atomic mass is 35.5. The number of benzene rings is 1. The molecule has 0 amide bonds. The Morgan fingerprint density at radius 2 is 2.04 bits per heavy atom. The van der Waals surface area contributed by atoms with E-state index in [-0.39, 0.29) is 10.9 Å². The first kappa shape index (κ1) is 19.4. The number of aromatic nitrogens is 1. The molecule has 0 spiro atoms. The van der Waals surface area contributed by atoms with E-state index in [0.29, 0.717) is 27.1 Å². The molecule has 1 aromatic carbocycles. The fraction of sp³-hybridized carbons (Fsp3) is 0.286. The number of thioether (sulfide) groups is 1. The molecule has 0 fully saturated rings. The van der Waals surface area contributed by atoms with E-state index in [4.69, 9.17) is 23.2 Å². The summed E-state index contributed by atoms with van der Waals surface area (Å²) in [6, 6.07) is 4.94. The molecule has 0 aliphatic carbocycles. The van der Waals surface area contributed by atoms with Gasteiger partial charge in [0.05, 0.1) is 16.7 Å². The highest BCUT2D eigenvalue weighted by Crippen LogP contribution is 2.38. The van der Waals surface area contributed by atoms with Gasteiger partial charge in [-0.2, -0.15) is 13.2 Å². The molecule has 130 valence electrons. The molecule has 1 aromatic heterocycles. The van der Waals surface area contributed by atoms with Gasteiger partial charge in [-0.3, -0.25) is 0 Å². The molecule has 0 radical (unpaired) electrons. The third-order valence-corrected chi connectivity index (χ3v) is 5.67. The van der Waals surface area contributed by atoms with E-state index in [1.807, 2.05) is 0 Å². The van der Waals surface area contributed by atoms with Gasteiger partial charge in [0.1, 0.15) is 4.88 Å². The van der Waals surface area contributed by atoms with Gasteiger partial charge >= 0.3 is 12.1 Å². The minimum Gasteiger partial charge on any atom is -0.462 e. The van der Waals surface area contributed by atoms with Crippen molar-refractivity contribution in [3.05, 3.63) is 44.4 Å². The third-order valence-electron chi connectivity index (χ3n) is 2.68. The third kappa shape index (κ3) is 4.78. The van der Waals surface area contributed by atoms with Crippen molar-refractivity contribution in [3.8, 4) is 0 Å². The Bertz CT molecular complexity index is 750. The lowest BCUT2D eigenvalue weighted by molar-refractivity contribution is -0.141. The van der Waals surface area contributed by atoms with Crippen molar-refractivity contribution in [2.45, 2.75) is 23.2 Å². The van der Waals surface area contributed by atoms with Crippen LogP contribution >= 0.6 is 46.3 Å². The second-order valence-electron chi connectivity index (χ2n) is 4.41. The summed E-state index contributed by atoms with van der Waals surface area (Å²) in [4.78, 5) is 14.7. The van der Waals surface area contributed by atoms with Crippen LogP contribution in [0.2, 0.25) is 10.0 Å². The fourth-order valence-electron chi connectivity index (χ4n) is 1.66. The van der Waals surface area contributed by atoms with Crippen molar-refractivity contribution in [1.29, 1.82) is 0 Å². The number of hydrogen-bond donors (Lipinski definition) is 0. The van der Waals surface area contributed by atoms with Crippen LogP contribution < -0.4 is 0 Å². The smallest absolute Gasteiger partial charge is 0.435 e. The number of carbonyl (C=O) groups excluding carboxylic acids is 1. The molecule has 2 aromatic rings. The van der Waals surface area contributed by atoms with E-state index in [0.717, 1.165) is 17.3 Å². The molecule has 0 N–H and O–H groups in total. The fourth-order valence-corrected chi connectivity index (χ4v) is 3.98. The SMILES string of the molecule is CCOC(=O)c1sc(SCc2ccc(Cl)c(Cl)c2)nc1C(F)(F)F. The topological polar surface area (TPSA) is 39.2 Å². The Morgan fingerprint density at radius 3 is 2.62 bits per heavy atom. The van der Waals surface area contributed by atoms with Gasteiger partial charge in [0.15, 0.2) is 10.0 Å². The first-order valence-electron chi connectivity index (χ1n) is 6.54. The average Bonchev–Trinajstić information content (AvgIpc) is 2.93. The lowest BCUT2D eigenvalue weighted by Crippen LogP contribution is -2.13. The maximum atomic E-state index is 13.0. The largest absolute Gasteiger partial charge is 0.462 e. The zero-order chi connectivity index (χ0) is 17.9. The molecule has 0 unspecified atom stereocenters. The van der Waals surface area contributed by atoms with Crippen molar-refractivity contribution >= 4 is 52.3 Å². The van der Waals surface area contributed by atoms with Gasteiger partial charge in [-0.15, -0.1) is 11.3 Å². The molecule has 0 atom stereocenters. The molecule has 10 heteroatoms. The molecule has 0 aliphatic heterocycles. The Balaban J connectivity index is 2.21. The molecule has 2 rings (SSSR count). The van der Waals surface area contributed by atoms with Gasteiger partial charge in [-0.05, 0) is 24.6 Å². The molecule has 0 saturated heterocycles. The number of thiazole rings is 1. The van der Waals surface area contributed by atoms with Crippen LogP contribution in [0, 0.1) is 0 Å². The highest BCUT2D eigenvalue weighted by Gasteiger charge is 2.40. The Kier molecular flexibility index (Phi) is 6.41. The summed E-state index contributed by atoms with van der Waals surface area (Å²) >= 11 is 13.4. The van der Waals surface area contributed by atoms with E-state index in [1.54, 1.807) is 18.2 Å². The molecule has 0 bridgehead atoms. The zero-order valence-electron chi connectivity index (χ0n) is 12.1.